The van der Waals surface area contributed by atoms with Crippen molar-refractivity contribution in [1.82, 2.24) is 5.32 Å². The van der Waals surface area contributed by atoms with Crippen molar-refractivity contribution in [2.24, 2.45) is 5.41 Å². The Morgan fingerprint density at radius 2 is 2.25 bits per heavy atom. The smallest absolute Gasteiger partial charge is 0.0587 e. The molecule has 12 heavy (non-hydrogen) atoms. The summed E-state index contributed by atoms with van der Waals surface area (Å²) in [6.45, 7) is 6.53. The molecule has 0 saturated heterocycles. The minimum absolute atomic E-state index is 0.560. The van der Waals surface area contributed by atoms with Gasteiger partial charge in [0, 0.05) is 19.7 Å². The fourth-order valence-corrected chi connectivity index (χ4v) is 1.98. The molecule has 0 aromatic heterocycles. The Bertz CT molecular complexity index is 134. The molecule has 1 aliphatic carbocycles. The second-order valence-electron chi connectivity index (χ2n) is 4.55. The van der Waals surface area contributed by atoms with Crippen LogP contribution in [0.4, 0.5) is 0 Å². The zero-order chi connectivity index (χ0) is 9.03. The first kappa shape index (κ1) is 10.0. The topological polar surface area (TPSA) is 21.3 Å². The van der Waals surface area contributed by atoms with Crippen LogP contribution in [-0.4, -0.2) is 26.3 Å². The molecule has 1 aliphatic rings. The van der Waals surface area contributed by atoms with Crippen LogP contribution in [0.25, 0.3) is 0 Å². The maximum absolute atomic E-state index is 4.99. The average molecular weight is 171 g/mol. The summed E-state index contributed by atoms with van der Waals surface area (Å²) >= 11 is 0. The van der Waals surface area contributed by atoms with Gasteiger partial charge >= 0.3 is 0 Å². The Kier molecular flexibility index (Phi) is 3.53. The highest BCUT2D eigenvalue weighted by atomic mass is 16.5. The van der Waals surface area contributed by atoms with E-state index in [1.807, 2.05) is 0 Å². The van der Waals surface area contributed by atoms with Gasteiger partial charge in [0.25, 0.3) is 0 Å². The normalized spacial score (nSPS) is 27.8. The molecule has 0 amide bonds. The lowest BCUT2D eigenvalue weighted by atomic mass is 9.92. The Morgan fingerprint density at radius 3 is 2.75 bits per heavy atom. The van der Waals surface area contributed by atoms with Crippen molar-refractivity contribution in [2.45, 2.75) is 39.2 Å². The van der Waals surface area contributed by atoms with Crippen molar-refractivity contribution in [1.29, 1.82) is 0 Å². The highest BCUT2D eigenvalue weighted by Gasteiger charge is 2.30. The van der Waals surface area contributed by atoms with Crippen LogP contribution in [0.3, 0.4) is 0 Å². The molecular formula is C10H21NO. The van der Waals surface area contributed by atoms with Gasteiger partial charge in [-0.2, -0.15) is 0 Å². The molecule has 0 aromatic rings. The summed E-state index contributed by atoms with van der Waals surface area (Å²) in [6.07, 6.45) is 4.01. The molecule has 2 heteroatoms. The van der Waals surface area contributed by atoms with Gasteiger partial charge in [-0.1, -0.05) is 13.8 Å². The van der Waals surface area contributed by atoms with E-state index >= 15 is 0 Å². The lowest BCUT2D eigenvalue weighted by Gasteiger charge is -2.17. The minimum atomic E-state index is 0.560. The summed E-state index contributed by atoms with van der Waals surface area (Å²) in [5.74, 6) is 0. The van der Waals surface area contributed by atoms with Crippen molar-refractivity contribution in [3.05, 3.63) is 0 Å². The monoisotopic (exact) mass is 171 g/mol. The molecule has 1 saturated carbocycles. The molecule has 0 bridgehead atoms. The van der Waals surface area contributed by atoms with Gasteiger partial charge in [0.1, 0.15) is 0 Å². The van der Waals surface area contributed by atoms with Crippen LogP contribution >= 0.6 is 0 Å². The number of rotatable bonds is 4. The van der Waals surface area contributed by atoms with E-state index in [1.165, 1.54) is 19.3 Å². The molecule has 1 unspecified atom stereocenters. The third-order valence-electron chi connectivity index (χ3n) is 2.71. The first-order chi connectivity index (χ1) is 5.64. The van der Waals surface area contributed by atoms with Gasteiger partial charge in [-0.3, -0.25) is 0 Å². The van der Waals surface area contributed by atoms with Crippen molar-refractivity contribution >= 4 is 0 Å². The van der Waals surface area contributed by atoms with E-state index < -0.39 is 0 Å². The van der Waals surface area contributed by atoms with E-state index in [1.54, 1.807) is 7.11 Å². The molecule has 0 aliphatic heterocycles. The number of methoxy groups -OCH3 is 1. The molecule has 2 nitrogen and oxygen atoms in total. The van der Waals surface area contributed by atoms with Gasteiger partial charge in [0.2, 0.25) is 0 Å². The number of hydrogen-bond acceptors (Lipinski definition) is 2. The van der Waals surface area contributed by atoms with Crippen LogP contribution in [0.5, 0.6) is 0 Å². The number of nitrogens with one attached hydrogen (secondary N) is 1. The van der Waals surface area contributed by atoms with Crippen molar-refractivity contribution in [3.63, 3.8) is 0 Å². The van der Waals surface area contributed by atoms with E-state index in [9.17, 15) is 0 Å². The fraction of sp³-hybridized carbons (Fsp3) is 1.00. The lowest BCUT2D eigenvalue weighted by Crippen LogP contribution is -2.30. The predicted molar refractivity (Wildman–Crippen MR) is 51.3 cm³/mol. The zero-order valence-electron chi connectivity index (χ0n) is 8.52. The molecular weight excluding hydrogens is 150 g/mol. The largest absolute Gasteiger partial charge is 0.383 e. The quantitative estimate of drug-likeness (QED) is 0.651. The standard InChI is InChI=1S/C10H21NO/c1-10(2)5-4-9(8-10)11-6-7-12-3/h9,11H,4-8H2,1-3H3. The second-order valence-corrected chi connectivity index (χ2v) is 4.55. The molecule has 0 aromatic carbocycles. The third kappa shape index (κ3) is 3.11. The summed E-state index contributed by atoms with van der Waals surface area (Å²) in [7, 11) is 1.75. The Labute approximate surface area is 75.7 Å². The molecule has 1 fully saturated rings. The highest BCUT2D eigenvalue weighted by Crippen LogP contribution is 2.36. The van der Waals surface area contributed by atoms with E-state index in [-0.39, 0.29) is 0 Å². The molecule has 0 spiro atoms. The van der Waals surface area contributed by atoms with Crippen LogP contribution in [0.15, 0.2) is 0 Å². The van der Waals surface area contributed by atoms with E-state index in [0.717, 1.165) is 19.2 Å². The van der Waals surface area contributed by atoms with E-state index in [2.05, 4.69) is 19.2 Å². The summed E-state index contributed by atoms with van der Waals surface area (Å²) in [4.78, 5) is 0. The van der Waals surface area contributed by atoms with Crippen LogP contribution < -0.4 is 5.32 Å². The van der Waals surface area contributed by atoms with Crippen molar-refractivity contribution in [2.75, 3.05) is 20.3 Å². The molecule has 1 rings (SSSR count). The maximum atomic E-state index is 4.99. The molecule has 72 valence electrons. The molecule has 1 atom stereocenters. The van der Waals surface area contributed by atoms with E-state index in [4.69, 9.17) is 4.74 Å². The van der Waals surface area contributed by atoms with Gasteiger partial charge in [0.15, 0.2) is 0 Å². The van der Waals surface area contributed by atoms with Gasteiger partial charge < -0.3 is 10.1 Å². The predicted octanol–water partition coefficient (Wildman–Crippen LogP) is 1.80. The highest BCUT2D eigenvalue weighted by molar-refractivity contribution is 4.86. The Morgan fingerprint density at radius 1 is 1.50 bits per heavy atom. The molecule has 1 N–H and O–H groups in total. The fourth-order valence-electron chi connectivity index (χ4n) is 1.98. The average Bonchev–Trinajstić information content (AvgIpc) is 2.31. The van der Waals surface area contributed by atoms with Gasteiger partial charge in [-0.25, -0.2) is 0 Å². The van der Waals surface area contributed by atoms with Crippen LogP contribution in [0.2, 0.25) is 0 Å². The number of ether oxygens (including phenoxy) is 1. The van der Waals surface area contributed by atoms with Crippen molar-refractivity contribution < 1.29 is 4.74 Å². The van der Waals surface area contributed by atoms with Gasteiger partial charge in [-0.05, 0) is 24.7 Å². The summed E-state index contributed by atoms with van der Waals surface area (Å²) in [5, 5.41) is 3.51. The Balaban J connectivity index is 2.11. The molecule has 0 heterocycles. The lowest BCUT2D eigenvalue weighted by molar-refractivity contribution is 0.195. The number of hydrogen-bond donors (Lipinski definition) is 1. The van der Waals surface area contributed by atoms with Crippen LogP contribution in [-0.2, 0) is 4.74 Å². The summed E-state index contributed by atoms with van der Waals surface area (Å²) < 4.78 is 4.99. The first-order valence-corrected chi connectivity index (χ1v) is 4.86. The maximum Gasteiger partial charge on any atom is 0.0587 e. The van der Waals surface area contributed by atoms with Crippen molar-refractivity contribution in [3.8, 4) is 0 Å². The van der Waals surface area contributed by atoms with E-state index in [0.29, 0.717) is 5.41 Å². The third-order valence-corrected chi connectivity index (χ3v) is 2.71. The zero-order valence-corrected chi connectivity index (χ0v) is 8.52. The van der Waals surface area contributed by atoms with Gasteiger partial charge in [-0.15, -0.1) is 0 Å². The summed E-state index contributed by atoms with van der Waals surface area (Å²) in [5.41, 5.74) is 0.560. The minimum Gasteiger partial charge on any atom is -0.383 e. The van der Waals surface area contributed by atoms with Crippen LogP contribution in [0.1, 0.15) is 33.1 Å². The Hall–Kier alpha value is -0.0800. The SMILES string of the molecule is COCCNC1CCC(C)(C)C1. The summed E-state index contributed by atoms with van der Waals surface area (Å²) in [6, 6.07) is 0.732. The molecule has 0 radical (unpaired) electrons. The van der Waals surface area contributed by atoms with Gasteiger partial charge in [0.05, 0.1) is 6.61 Å². The van der Waals surface area contributed by atoms with Crippen LogP contribution in [0, 0.1) is 5.41 Å². The second kappa shape index (κ2) is 4.24. The first-order valence-electron chi connectivity index (χ1n) is 4.86.